The first-order valence-electron chi connectivity index (χ1n) is 5.32. The fourth-order valence-electron chi connectivity index (χ4n) is 1.60. The maximum absolute atomic E-state index is 5.61. The van der Waals surface area contributed by atoms with Crippen molar-refractivity contribution in [3.8, 4) is 0 Å². The third-order valence-corrected chi connectivity index (χ3v) is 2.09. The molecule has 1 heterocycles. The summed E-state index contributed by atoms with van der Waals surface area (Å²) in [6.45, 7) is 12.1. The van der Waals surface area contributed by atoms with Gasteiger partial charge in [0.05, 0.1) is 0 Å². The van der Waals surface area contributed by atoms with E-state index in [1.165, 1.54) is 12.8 Å². The Morgan fingerprint density at radius 2 is 2.21 bits per heavy atom. The van der Waals surface area contributed by atoms with E-state index in [0.29, 0.717) is 11.9 Å². The zero-order valence-electron chi connectivity index (χ0n) is 9.52. The molecule has 1 unspecified atom stereocenters. The fourth-order valence-corrected chi connectivity index (χ4v) is 1.60. The van der Waals surface area contributed by atoms with E-state index in [0.717, 1.165) is 13.1 Å². The van der Waals surface area contributed by atoms with Gasteiger partial charge in [-0.15, -0.1) is 0 Å². The number of hydrogen-bond acceptors (Lipinski definition) is 3. The van der Waals surface area contributed by atoms with Crippen molar-refractivity contribution >= 4 is 0 Å². The van der Waals surface area contributed by atoms with E-state index < -0.39 is 0 Å². The summed E-state index contributed by atoms with van der Waals surface area (Å²) in [6.07, 6.45) is 2.42. The number of piperidine rings is 1. The summed E-state index contributed by atoms with van der Waals surface area (Å²) < 4.78 is 5.61. The van der Waals surface area contributed by atoms with E-state index in [-0.39, 0.29) is 5.60 Å². The summed E-state index contributed by atoms with van der Waals surface area (Å²) in [5, 5.41) is 6.64. The molecule has 1 rings (SSSR count). The molecule has 14 heavy (non-hydrogen) atoms. The largest absolute Gasteiger partial charge is 0.474 e. The lowest BCUT2D eigenvalue weighted by molar-refractivity contribution is 0.0375. The number of rotatable bonds is 3. The number of ether oxygens (including phenoxy) is 1. The molecule has 0 aromatic heterocycles. The Kier molecular flexibility index (Phi) is 3.81. The van der Waals surface area contributed by atoms with Crippen LogP contribution in [0, 0.1) is 0 Å². The molecular formula is C11H22N2O. The summed E-state index contributed by atoms with van der Waals surface area (Å²) >= 11 is 0. The highest BCUT2D eigenvalue weighted by Crippen LogP contribution is 2.12. The van der Waals surface area contributed by atoms with E-state index in [1.807, 2.05) is 20.8 Å². The minimum atomic E-state index is -0.161. The quantitative estimate of drug-likeness (QED) is 0.676. The topological polar surface area (TPSA) is 33.3 Å². The zero-order chi connectivity index (χ0) is 10.6. The van der Waals surface area contributed by atoms with Gasteiger partial charge in [0.2, 0.25) is 0 Å². The lowest BCUT2D eigenvalue weighted by Crippen LogP contribution is -2.43. The van der Waals surface area contributed by atoms with Crippen molar-refractivity contribution in [2.75, 3.05) is 13.1 Å². The molecule has 0 aromatic rings. The van der Waals surface area contributed by atoms with Crippen molar-refractivity contribution in [1.29, 1.82) is 0 Å². The van der Waals surface area contributed by atoms with Crippen molar-refractivity contribution in [1.82, 2.24) is 10.6 Å². The Morgan fingerprint density at radius 3 is 2.71 bits per heavy atom. The second kappa shape index (κ2) is 4.69. The molecule has 1 fully saturated rings. The summed E-state index contributed by atoms with van der Waals surface area (Å²) in [6, 6.07) is 0.471. The second-order valence-electron chi connectivity index (χ2n) is 4.83. The van der Waals surface area contributed by atoms with E-state index in [4.69, 9.17) is 4.74 Å². The molecular weight excluding hydrogens is 176 g/mol. The Bertz CT molecular complexity index is 190. The maximum Gasteiger partial charge on any atom is 0.180 e. The van der Waals surface area contributed by atoms with Crippen LogP contribution in [0.3, 0.4) is 0 Å². The van der Waals surface area contributed by atoms with Gasteiger partial charge in [0.1, 0.15) is 5.60 Å². The van der Waals surface area contributed by atoms with E-state index in [1.54, 1.807) is 0 Å². The molecule has 1 saturated heterocycles. The van der Waals surface area contributed by atoms with E-state index in [2.05, 4.69) is 17.2 Å². The first-order valence-corrected chi connectivity index (χ1v) is 5.32. The molecule has 3 heteroatoms. The fraction of sp³-hybridized carbons (Fsp3) is 0.818. The van der Waals surface area contributed by atoms with Gasteiger partial charge in [0, 0.05) is 12.6 Å². The van der Waals surface area contributed by atoms with Crippen molar-refractivity contribution in [2.24, 2.45) is 0 Å². The molecule has 3 nitrogen and oxygen atoms in total. The summed E-state index contributed by atoms with van der Waals surface area (Å²) in [7, 11) is 0. The first-order chi connectivity index (χ1) is 6.47. The molecule has 2 N–H and O–H groups in total. The van der Waals surface area contributed by atoms with Crippen LogP contribution in [0.15, 0.2) is 12.5 Å². The van der Waals surface area contributed by atoms with Crippen LogP contribution in [0.25, 0.3) is 0 Å². The predicted octanol–water partition coefficient (Wildman–Crippen LogP) is 1.61. The average Bonchev–Trinajstić information content (AvgIpc) is 2.02. The van der Waals surface area contributed by atoms with Crippen LogP contribution < -0.4 is 10.6 Å². The molecule has 1 aliphatic rings. The Hall–Kier alpha value is -0.700. The molecule has 1 atom stereocenters. The van der Waals surface area contributed by atoms with Gasteiger partial charge in [0.15, 0.2) is 5.88 Å². The van der Waals surface area contributed by atoms with Crippen molar-refractivity contribution in [3.63, 3.8) is 0 Å². The Balaban J connectivity index is 2.25. The standard InChI is InChI=1S/C11H22N2O/c1-9(14-11(2,3)4)13-10-6-5-7-12-8-10/h10,12-13H,1,5-8H2,2-4H3. The molecule has 0 aromatic carbocycles. The predicted molar refractivity (Wildman–Crippen MR) is 59.0 cm³/mol. The van der Waals surface area contributed by atoms with Crippen LogP contribution in [0.2, 0.25) is 0 Å². The van der Waals surface area contributed by atoms with Gasteiger partial charge in [-0.25, -0.2) is 0 Å². The highest BCUT2D eigenvalue weighted by atomic mass is 16.5. The molecule has 82 valence electrons. The Labute approximate surface area is 86.9 Å². The van der Waals surface area contributed by atoms with Crippen LogP contribution in [0.4, 0.5) is 0 Å². The van der Waals surface area contributed by atoms with Gasteiger partial charge >= 0.3 is 0 Å². The lowest BCUT2D eigenvalue weighted by atomic mass is 10.1. The third kappa shape index (κ3) is 4.51. The molecule has 0 radical (unpaired) electrons. The minimum absolute atomic E-state index is 0.161. The van der Waals surface area contributed by atoms with Gasteiger partial charge in [-0.1, -0.05) is 0 Å². The molecule has 0 bridgehead atoms. The normalized spacial score (nSPS) is 22.9. The van der Waals surface area contributed by atoms with E-state index in [9.17, 15) is 0 Å². The SMILES string of the molecule is C=C(NC1CCCNC1)OC(C)(C)C. The monoisotopic (exact) mass is 198 g/mol. The van der Waals surface area contributed by atoms with Gasteiger partial charge < -0.3 is 15.4 Å². The minimum Gasteiger partial charge on any atom is -0.474 e. The van der Waals surface area contributed by atoms with Crippen molar-refractivity contribution in [2.45, 2.75) is 45.3 Å². The summed E-state index contributed by atoms with van der Waals surface area (Å²) in [5.41, 5.74) is -0.161. The molecule has 0 aliphatic carbocycles. The van der Waals surface area contributed by atoms with Crippen molar-refractivity contribution in [3.05, 3.63) is 12.5 Å². The van der Waals surface area contributed by atoms with Gasteiger partial charge in [-0.3, -0.25) is 0 Å². The third-order valence-electron chi connectivity index (χ3n) is 2.09. The summed E-state index contributed by atoms with van der Waals surface area (Å²) in [4.78, 5) is 0. The van der Waals surface area contributed by atoms with Gasteiger partial charge in [-0.05, 0) is 46.7 Å². The summed E-state index contributed by atoms with van der Waals surface area (Å²) in [5.74, 6) is 0.686. The lowest BCUT2D eigenvalue weighted by Gasteiger charge is -2.29. The molecule has 1 aliphatic heterocycles. The van der Waals surface area contributed by atoms with Gasteiger partial charge in [0.25, 0.3) is 0 Å². The maximum atomic E-state index is 5.61. The first kappa shape index (κ1) is 11.4. The molecule has 0 amide bonds. The zero-order valence-corrected chi connectivity index (χ0v) is 9.52. The van der Waals surface area contributed by atoms with Crippen molar-refractivity contribution < 1.29 is 4.74 Å². The smallest absolute Gasteiger partial charge is 0.180 e. The highest BCUT2D eigenvalue weighted by Gasteiger charge is 2.16. The van der Waals surface area contributed by atoms with Crippen LogP contribution >= 0.6 is 0 Å². The van der Waals surface area contributed by atoms with Crippen LogP contribution in [-0.4, -0.2) is 24.7 Å². The van der Waals surface area contributed by atoms with Crippen LogP contribution in [0.1, 0.15) is 33.6 Å². The second-order valence-corrected chi connectivity index (χ2v) is 4.83. The number of nitrogens with one attached hydrogen (secondary N) is 2. The van der Waals surface area contributed by atoms with Crippen LogP contribution in [0.5, 0.6) is 0 Å². The Morgan fingerprint density at radius 1 is 1.50 bits per heavy atom. The molecule has 0 spiro atoms. The van der Waals surface area contributed by atoms with Crippen LogP contribution in [-0.2, 0) is 4.74 Å². The molecule has 0 saturated carbocycles. The average molecular weight is 198 g/mol. The highest BCUT2D eigenvalue weighted by molar-refractivity contribution is 4.89. The number of hydrogen-bond donors (Lipinski definition) is 2. The van der Waals surface area contributed by atoms with E-state index >= 15 is 0 Å². The van der Waals surface area contributed by atoms with Gasteiger partial charge in [-0.2, -0.15) is 0 Å².